The van der Waals surface area contributed by atoms with Gasteiger partial charge in [-0.15, -0.1) is 10.2 Å². The number of benzene rings is 1. The molecule has 1 saturated heterocycles. The summed E-state index contributed by atoms with van der Waals surface area (Å²) in [5.41, 5.74) is 1.06. The summed E-state index contributed by atoms with van der Waals surface area (Å²) < 4.78 is 41.2. The fraction of sp³-hybridized carbons (Fsp3) is 0.467. The molecule has 0 amide bonds. The number of aromatic nitrogens is 4. The summed E-state index contributed by atoms with van der Waals surface area (Å²) in [6.07, 6.45) is 0. The van der Waals surface area contributed by atoms with Crippen LogP contribution in [0.15, 0.2) is 23.1 Å². The molecule has 1 aliphatic rings. The highest BCUT2D eigenvalue weighted by atomic mass is 32.2. The van der Waals surface area contributed by atoms with Gasteiger partial charge in [0.1, 0.15) is 20.9 Å². The average molecular weight is 427 g/mol. The number of rotatable bonds is 6. The van der Waals surface area contributed by atoms with Crippen LogP contribution in [0, 0.1) is 0 Å². The van der Waals surface area contributed by atoms with Gasteiger partial charge in [0, 0.05) is 26.2 Å². The van der Waals surface area contributed by atoms with E-state index in [0.29, 0.717) is 55.6 Å². The second-order valence-corrected chi connectivity index (χ2v) is 9.42. The van der Waals surface area contributed by atoms with Crippen molar-refractivity contribution in [1.29, 1.82) is 0 Å². The average Bonchev–Trinajstić information content (AvgIpc) is 3.31. The Morgan fingerprint density at radius 3 is 2.74 bits per heavy atom. The van der Waals surface area contributed by atoms with Gasteiger partial charge >= 0.3 is 0 Å². The molecule has 1 fully saturated rings. The number of hydrogen-bond acceptors (Lipinski definition) is 10. The van der Waals surface area contributed by atoms with Crippen LogP contribution in [0.3, 0.4) is 0 Å². The molecule has 1 aromatic carbocycles. The SMILES string of the molecule is CCOc1nnc(CN2CCN(S(=O)(=O)c3cccc4nsnc34)CC2)s1. The summed E-state index contributed by atoms with van der Waals surface area (Å²) in [7, 11) is -3.59. The van der Waals surface area contributed by atoms with Gasteiger partial charge in [-0.25, -0.2) is 8.42 Å². The molecule has 0 bridgehead atoms. The van der Waals surface area contributed by atoms with Crippen molar-refractivity contribution in [3.8, 4) is 5.19 Å². The monoisotopic (exact) mass is 426 g/mol. The molecule has 12 heteroatoms. The summed E-state index contributed by atoms with van der Waals surface area (Å²) in [4.78, 5) is 2.40. The lowest BCUT2D eigenvalue weighted by atomic mass is 10.3. The van der Waals surface area contributed by atoms with Crippen LogP contribution >= 0.6 is 23.1 Å². The molecular formula is C15H18N6O3S3. The summed E-state index contributed by atoms with van der Waals surface area (Å²) in [6.45, 7) is 5.22. The molecule has 0 N–H and O–H groups in total. The first-order valence-electron chi connectivity index (χ1n) is 8.47. The van der Waals surface area contributed by atoms with E-state index >= 15 is 0 Å². The summed E-state index contributed by atoms with van der Waals surface area (Å²) >= 11 is 2.45. The Labute approximate surface area is 165 Å². The van der Waals surface area contributed by atoms with Gasteiger partial charge in [-0.2, -0.15) is 13.1 Å². The molecule has 27 heavy (non-hydrogen) atoms. The molecule has 0 aliphatic carbocycles. The molecule has 3 aromatic rings. The number of fused-ring (bicyclic) bond motifs is 1. The van der Waals surface area contributed by atoms with Crippen molar-refractivity contribution >= 4 is 44.1 Å². The van der Waals surface area contributed by atoms with Gasteiger partial charge in [-0.3, -0.25) is 4.90 Å². The molecule has 1 aliphatic heterocycles. The fourth-order valence-corrected chi connectivity index (χ4v) is 5.90. The Kier molecular flexibility index (Phi) is 5.32. The van der Waals surface area contributed by atoms with Crippen LogP contribution in [0.1, 0.15) is 11.9 Å². The van der Waals surface area contributed by atoms with E-state index in [1.165, 1.54) is 15.6 Å². The Morgan fingerprint density at radius 2 is 1.96 bits per heavy atom. The minimum atomic E-state index is -3.59. The fourth-order valence-electron chi connectivity index (χ4n) is 2.93. The van der Waals surface area contributed by atoms with E-state index in [1.807, 2.05) is 6.92 Å². The number of sulfonamides is 1. The van der Waals surface area contributed by atoms with Gasteiger partial charge in [-0.05, 0) is 19.1 Å². The number of piperazine rings is 1. The van der Waals surface area contributed by atoms with Crippen molar-refractivity contribution in [3.63, 3.8) is 0 Å². The lowest BCUT2D eigenvalue weighted by Gasteiger charge is -2.33. The normalized spacial score (nSPS) is 16.8. The van der Waals surface area contributed by atoms with Crippen molar-refractivity contribution < 1.29 is 13.2 Å². The van der Waals surface area contributed by atoms with Crippen LogP contribution in [0.25, 0.3) is 11.0 Å². The van der Waals surface area contributed by atoms with Gasteiger partial charge in [0.25, 0.3) is 5.19 Å². The largest absolute Gasteiger partial charge is 0.469 e. The van der Waals surface area contributed by atoms with Crippen molar-refractivity contribution in [2.75, 3.05) is 32.8 Å². The zero-order chi connectivity index (χ0) is 18.9. The van der Waals surface area contributed by atoms with Gasteiger partial charge in [0.2, 0.25) is 10.0 Å². The van der Waals surface area contributed by atoms with Crippen LogP contribution in [-0.4, -0.2) is 69.4 Å². The first-order chi connectivity index (χ1) is 13.1. The minimum Gasteiger partial charge on any atom is -0.469 e. The van der Waals surface area contributed by atoms with Gasteiger partial charge in [-0.1, -0.05) is 17.4 Å². The predicted molar refractivity (Wildman–Crippen MR) is 103 cm³/mol. The second kappa shape index (κ2) is 7.72. The Hall–Kier alpha value is -1.73. The maximum absolute atomic E-state index is 13.0. The van der Waals surface area contributed by atoms with E-state index in [0.717, 1.165) is 16.7 Å². The Balaban J connectivity index is 1.43. The second-order valence-electron chi connectivity index (χ2n) is 5.96. The van der Waals surface area contributed by atoms with E-state index in [9.17, 15) is 8.42 Å². The lowest BCUT2D eigenvalue weighted by molar-refractivity contribution is 0.181. The van der Waals surface area contributed by atoms with E-state index in [-0.39, 0.29) is 4.90 Å². The summed E-state index contributed by atoms with van der Waals surface area (Å²) in [5.74, 6) is 0. The van der Waals surface area contributed by atoms with Crippen LogP contribution in [-0.2, 0) is 16.6 Å². The maximum Gasteiger partial charge on any atom is 0.294 e. The van der Waals surface area contributed by atoms with E-state index in [4.69, 9.17) is 4.74 Å². The lowest BCUT2D eigenvalue weighted by Crippen LogP contribution is -2.48. The van der Waals surface area contributed by atoms with Gasteiger partial charge < -0.3 is 4.74 Å². The Bertz CT molecular complexity index is 1030. The van der Waals surface area contributed by atoms with Crippen LogP contribution in [0.4, 0.5) is 0 Å². The third-order valence-electron chi connectivity index (χ3n) is 4.27. The van der Waals surface area contributed by atoms with Crippen LogP contribution in [0.2, 0.25) is 0 Å². The molecule has 0 spiro atoms. The standard InChI is InChI=1S/C15H18N6O3S3/c1-2-24-15-17-16-13(25-15)10-20-6-8-21(9-7-20)27(22,23)12-5-3-4-11-14(12)19-26-18-11/h3-5H,2,6-10H2,1H3. The van der Waals surface area contributed by atoms with Gasteiger partial charge in [0.05, 0.1) is 24.9 Å². The highest BCUT2D eigenvalue weighted by Crippen LogP contribution is 2.26. The molecule has 3 heterocycles. The third kappa shape index (κ3) is 3.80. The van der Waals surface area contributed by atoms with E-state index in [2.05, 4.69) is 23.8 Å². The molecular weight excluding hydrogens is 408 g/mol. The molecule has 0 atom stereocenters. The quantitative estimate of drug-likeness (QED) is 0.584. The molecule has 9 nitrogen and oxygen atoms in total. The first-order valence-corrected chi connectivity index (χ1v) is 11.5. The predicted octanol–water partition coefficient (Wildman–Crippen LogP) is 1.45. The molecule has 0 unspecified atom stereocenters. The van der Waals surface area contributed by atoms with Crippen LogP contribution < -0.4 is 4.74 Å². The molecule has 144 valence electrons. The number of ether oxygens (including phenoxy) is 1. The minimum absolute atomic E-state index is 0.229. The molecule has 4 rings (SSSR count). The molecule has 2 aromatic heterocycles. The number of nitrogens with zero attached hydrogens (tertiary/aromatic N) is 6. The third-order valence-corrected chi connectivity index (χ3v) is 7.57. The summed E-state index contributed by atoms with van der Waals surface area (Å²) in [6, 6.07) is 5.08. The zero-order valence-corrected chi connectivity index (χ0v) is 17.1. The van der Waals surface area contributed by atoms with Crippen molar-refractivity contribution in [1.82, 2.24) is 28.1 Å². The van der Waals surface area contributed by atoms with Crippen LogP contribution in [0.5, 0.6) is 5.19 Å². The van der Waals surface area contributed by atoms with Gasteiger partial charge in [0.15, 0.2) is 0 Å². The summed E-state index contributed by atoms with van der Waals surface area (Å²) in [5, 5.41) is 9.56. The van der Waals surface area contributed by atoms with Crippen molar-refractivity contribution in [2.45, 2.75) is 18.4 Å². The van der Waals surface area contributed by atoms with Crippen molar-refractivity contribution in [2.24, 2.45) is 0 Å². The van der Waals surface area contributed by atoms with E-state index in [1.54, 1.807) is 18.2 Å². The highest BCUT2D eigenvalue weighted by molar-refractivity contribution is 7.89. The maximum atomic E-state index is 13.0. The molecule has 0 saturated carbocycles. The Morgan fingerprint density at radius 1 is 1.15 bits per heavy atom. The molecule has 0 radical (unpaired) electrons. The van der Waals surface area contributed by atoms with Crippen molar-refractivity contribution in [3.05, 3.63) is 23.2 Å². The highest BCUT2D eigenvalue weighted by Gasteiger charge is 2.30. The zero-order valence-electron chi connectivity index (χ0n) is 14.6. The number of hydrogen-bond donors (Lipinski definition) is 0. The smallest absolute Gasteiger partial charge is 0.294 e. The first kappa shape index (κ1) is 18.6. The van der Waals surface area contributed by atoms with E-state index < -0.39 is 10.0 Å². The topological polar surface area (TPSA) is 101 Å².